The lowest BCUT2D eigenvalue weighted by molar-refractivity contribution is 0.411. The molecular weight excluding hydrogens is 192 g/mol. The highest BCUT2D eigenvalue weighted by Gasteiger charge is 2.18. The van der Waals surface area contributed by atoms with Crippen molar-refractivity contribution < 1.29 is 0 Å². The Morgan fingerprint density at radius 2 is 1.38 bits per heavy atom. The molecule has 0 spiro atoms. The fourth-order valence-corrected chi connectivity index (χ4v) is 1.89. The van der Waals surface area contributed by atoms with Gasteiger partial charge < -0.3 is 0 Å². The highest BCUT2D eigenvalue weighted by Crippen LogP contribution is 2.28. The molecule has 1 rings (SSSR count). The summed E-state index contributed by atoms with van der Waals surface area (Å²) >= 11 is 0. The molecule has 0 aliphatic carbocycles. The normalized spacial score (nSPS) is 12.9. The van der Waals surface area contributed by atoms with Crippen molar-refractivity contribution in [3.8, 4) is 0 Å². The van der Waals surface area contributed by atoms with Crippen molar-refractivity contribution in [1.29, 1.82) is 0 Å². The summed E-state index contributed by atoms with van der Waals surface area (Å²) in [6, 6.07) is 9.17. The van der Waals surface area contributed by atoms with E-state index in [-0.39, 0.29) is 0 Å². The van der Waals surface area contributed by atoms with E-state index < -0.39 is 0 Å². The maximum atomic E-state index is 2.31. The molecular formula is C16H26. The lowest BCUT2D eigenvalue weighted by atomic mass is 9.81. The summed E-state index contributed by atoms with van der Waals surface area (Å²) in [5, 5.41) is 0. The first-order chi connectivity index (χ1) is 7.24. The molecule has 0 aliphatic rings. The smallest absolute Gasteiger partial charge is 0.0106 e. The molecule has 0 saturated heterocycles. The Hall–Kier alpha value is -0.780. The zero-order valence-electron chi connectivity index (χ0n) is 11.7. The summed E-state index contributed by atoms with van der Waals surface area (Å²) in [5.41, 5.74) is 3.58. The lowest BCUT2D eigenvalue weighted by Crippen LogP contribution is -2.15. The van der Waals surface area contributed by atoms with E-state index in [9.17, 15) is 0 Å². The van der Waals surface area contributed by atoms with Crippen LogP contribution in [0.25, 0.3) is 0 Å². The van der Waals surface area contributed by atoms with E-state index in [2.05, 4.69) is 65.8 Å². The molecule has 0 aliphatic heterocycles. The molecule has 0 amide bonds. The highest BCUT2D eigenvalue weighted by atomic mass is 14.2. The fraction of sp³-hybridized carbons (Fsp3) is 0.625. The number of hydrogen-bond acceptors (Lipinski definition) is 0. The average Bonchev–Trinajstić information content (AvgIpc) is 2.16. The second-order valence-electron chi connectivity index (χ2n) is 6.67. The largest absolute Gasteiger partial charge is 0.0646 e. The second kappa shape index (κ2) is 4.61. The van der Waals surface area contributed by atoms with Crippen LogP contribution in [-0.2, 0) is 11.8 Å². The van der Waals surface area contributed by atoms with E-state index in [0.717, 1.165) is 6.42 Å². The molecule has 0 aromatic heterocycles. The van der Waals surface area contributed by atoms with Gasteiger partial charge in [0.15, 0.2) is 0 Å². The Bertz CT molecular complexity index is 322. The predicted octanol–water partition coefficient (Wildman–Crippen LogP) is 4.96. The molecule has 0 fully saturated rings. The molecule has 0 N–H and O–H groups in total. The number of rotatable bonds is 3. The van der Waals surface area contributed by atoms with Crippen LogP contribution in [0.4, 0.5) is 0 Å². The lowest BCUT2D eigenvalue weighted by Gasteiger charge is -2.24. The molecule has 0 heterocycles. The van der Waals surface area contributed by atoms with Gasteiger partial charge in [0.1, 0.15) is 0 Å². The summed E-state index contributed by atoms with van der Waals surface area (Å²) in [6.45, 7) is 13.7. The zero-order chi connectivity index (χ0) is 12.4. The quantitative estimate of drug-likeness (QED) is 0.672. The van der Waals surface area contributed by atoms with Crippen molar-refractivity contribution in [2.24, 2.45) is 5.41 Å². The molecule has 0 atom stereocenters. The summed E-state index contributed by atoms with van der Waals surface area (Å²) < 4.78 is 0. The highest BCUT2D eigenvalue weighted by molar-refractivity contribution is 5.28. The van der Waals surface area contributed by atoms with Crippen LogP contribution in [0.3, 0.4) is 0 Å². The fourth-order valence-electron chi connectivity index (χ4n) is 1.89. The van der Waals surface area contributed by atoms with E-state index in [1.807, 2.05) is 0 Å². The van der Waals surface area contributed by atoms with Gasteiger partial charge in [0, 0.05) is 0 Å². The summed E-state index contributed by atoms with van der Waals surface area (Å²) in [7, 11) is 0. The maximum absolute atomic E-state index is 2.31. The first-order valence-corrected chi connectivity index (χ1v) is 6.34. The molecule has 0 unspecified atom stereocenters. The molecule has 0 bridgehead atoms. The van der Waals surface area contributed by atoms with Gasteiger partial charge in [0.05, 0.1) is 0 Å². The Labute approximate surface area is 101 Å². The van der Waals surface area contributed by atoms with Gasteiger partial charge in [-0.1, -0.05) is 65.8 Å². The van der Waals surface area contributed by atoms with Gasteiger partial charge in [-0.05, 0) is 34.8 Å². The minimum atomic E-state index is 0.306. The van der Waals surface area contributed by atoms with Crippen molar-refractivity contribution >= 4 is 0 Å². The molecule has 0 heteroatoms. The first-order valence-electron chi connectivity index (χ1n) is 6.34. The monoisotopic (exact) mass is 218 g/mol. The van der Waals surface area contributed by atoms with Crippen LogP contribution in [0.5, 0.6) is 0 Å². The van der Waals surface area contributed by atoms with E-state index in [0.29, 0.717) is 10.8 Å². The van der Waals surface area contributed by atoms with E-state index in [1.54, 1.807) is 0 Å². The Morgan fingerprint density at radius 3 is 1.75 bits per heavy atom. The zero-order valence-corrected chi connectivity index (χ0v) is 11.7. The Morgan fingerprint density at radius 1 is 0.875 bits per heavy atom. The molecule has 0 nitrogen and oxygen atoms in total. The predicted molar refractivity (Wildman–Crippen MR) is 72.9 cm³/mol. The third kappa shape index (κ3) is 3.66. The van der Waals surface area contributed by atoms with Crippen LogP contribution in [0, 0.1) is 5.41 Å². The van der Waals surface area contributed by atoms with Crippen molar-refractivity contribution in [3.63, 3.8) is 0 Å². The average molecular weight is 218 g/mol. The van der Waals surface area contributed by atoms with E-state index in [1.165, 1.54) is 17.5 Å². The van der Waals surface area contributed by atoms with Gasteiger partial charge in [-0.15, -0.1) is 0 Å². The first kappa shape index (κ1) is 13.3. The van der Waals surface area contributed by atoms with Gasteiger partial charge in [-0.3, -0.25) is 0 Å². The van der Waals surface area contributed by atoms with Gasteiger partial charge in [0.2, 0.25) is 0 Å². The molecule has 1 aromatic carbocycles. The summed E-state index contributed by atoms with van der Waals surface area (Å²) in [4.78, 5) is 0. The van der Waals surface area contributed by atoms with Gasteiger partial charge in [-0.2, -0.15) is 0 Å². The molecule has 90 valence electrons. The topological polar surface area (TPSA) is 0 Å². The minimum Gasteiger partial charge on any atom is -0.0646 e. The van der Waals surface area contributed by atoms with Crippen molar-refractivity contribution in [1.82, 2.24) is 0 Å². The van der Waals surface area contributed by atoms with Crippen molar-refractivity contribution in [2.45, 2.75) is 59.8 Å². The van der Waals surface area contributed by atoms with Crippen LogP contribution < -0.4 is 0 Å². The third-order valence-electron chi connectivity index (χ3n) is 3.35. The SMILES string of the molecule is CCC(C)(C)c1ccc(CC(C)(C)C)cc1. The van der Waals surface area contributed by atoms with Gasteiger partial charge in [-0.25, -0.2) is 0 Å². The molecule has 0 saturated carbocycles. The summed E-state index contributed by atoms with van der Waals surface area (Å²) in [5.74, 6) is 0. The van der Waals surface area contributed by atoms with Crippen molar-refractivity contribution in [2.75, 3.05) is 0 Å². The van der Waals surface area contributed by atoms with E-state index in [4.69, 9.17) is 0 Å². The Balaban J connectivity index is 2.84. The maximum Gasteiger partial charge on any atom is -0.0106 e. The minimum absolute atomic E-state index is 0.306. The van der Waals surface area contributed by atoms with Crippen LogP contribution >= 0.6 is 0 Å². The standard InChI is InChI=1S/C16H26/c1-7-16(5,6)14-10-8-13(9-11-14)12-15(2,3)4/h8-11H,7,12H2,1-6H3. The molecule has 0 radical (unpaired) electrons. The molecule has 16 heavy (non-hydrogen) atoms. The van der Waals surface area contributed by atoms with Crippen LogP contribution in [0.15, 0.2) is 24.3 Å². The van der Waals surface area contributed by atoms with E-state index >= 15 is 0 Å². The number of hydrogen-bond donors (Lipinski definition) is 0. The van der Waals surface area contributed by atoms with Crippen LogP contribution in [0.1, 0.15) is 59.1 Å². The van der Waals surface area contributed by atoms with Crippen molar-refractivity contribution in [3.05, 3.63) is 35.4 Å². The van der Waals surface area contributed by atoms with Crippen LogP contribution in [0.2, 0.25) is 0 Å². The number of benzene rings is 1. The third-order valence-corrected chi connectivity index (χ3v) is 3.35. The summed E-state index contributed by atoms with van der Waals surface area (Å²) in [6.07, 6.45) is 2.34. The van der Waals surface area contributed by atoms with Crippen LogP contribution in [-0.4, -0.2) is 0 Å². The van der Waals surface area contributed by atoms with Gasteiger partial charge >= 0.3 is 0 Å². The Kier molecular flexibility index (Phi) is 3.83. The molecule has 1 aromatic rings. The second-order valence-corrected chi connectivity index (χ2v) is 6.67. The van der Waals surface area contributed by atoms with Gasteiger partial charge in [0.25, 0.3) is 0 Å².